The van der Waals surface area contributed by atoms with E-state index in [2.05, 4.69) is 0 Å². The maximum atomic E-state index is 9.98. The highest BCUT2D eigenvalue weighted by Crippen LogP contribution is 1.98. The molecule has 0 bridgehead atoms. The molecule has 0 atom stereocenters. The molecule has 0 rings (SSSR count). The summed E-state index contributed by atoms with van der Waals surface area (Å²) < 4.78 is 0. The van der Waals surface area contributed by atoms with Crippen LogP contribution >= 0.6 is 0 Å². The van der Waals surface area contributed by atoms with Gasteiger partial charge in [-0.1, -0.05) is 18.6 Å². The predicted octanol–water partition coefficient (Wildman–Crippen LogP) is 1.82. The molecule has 0 amide bonds. The molecule has 0 aromatic carbocycles. The molecule has 0 saturated heterocycles. The molecule has 52 valence electrons. The first-order valence-electron chi connectivity index (χ1n) is 3.04. The molecule has 0 heterocycles. The van der Waals surface area contributed by atoms with Crippen molar-refractivity contribution in [3.8, 4) is 0 Å². The molecule has 0 aliphatic carbocycles. The fourth-order valence-electron chi connectivity index (χ4n) is 0.406. The van der Waals surface area contributed by atoms with Crippen LogP contribution in [0.2, 0.25) is 0 Å². The second-order valence-corrected chi connectivity index (χ2v) is 2.00. The Balaban J connectivity index is 3.56. The molecule has 0 aliphatic heterocycles. The summed E-state index contributed by atoms with van der Waals surface area (Å²) in [5.74, 6) is -0.761. The van der Waals surface area contributed by atoms with Crippen molar-refractivity contribution in [2.24, 2.45) is 0 Å². The lowest BCUT2D eigenvalue weighted by molar-refractivity contribution is -0.136. The minimum atomic E-state index is -0.761. The molecule has 0 aliphatic rings. The van der Waals surface area contributed by atoms with Gasteiger partial charge in [-0.25, -0.2) is 0 Å². The van der Waals surface area contributed by atoms with Crippen LogP contribution in [0.4, 0.5) is 0 Å². The molecule has 9 heavy (non-hydrogen) atoms. The van der Waals surface area contributed by atoms with Crippen LogP contribution in [-0.4, -0.2) is 11.1 Å². The van der Waals surface area contributed by atoms with Crippen LogP contribution in [-0.2, 0) is 4.79 Å². The summed E-state index contributed by atoms with van der Waals surface area (Å²) in [5, 5.41) is 8.21. The topological polar surface area (TPSA) is 37.3 Å². The van der Waals surface area contributed by atoms with Gasteiger partial charge in [0.15, 0.2) is 0 Å². The van der Waals surface area contributed by atoms with E-state index in [-0.39, 0.29) is 6.42 Å². The first-order valence-corrected chi connectivity index (χ1v) is 3.04. The standard InChI is InChI=1S/C7H12O2/c1-3-6(2)4-5-7(8)9/h4H,3,5H2,1-2H3,(H,8,9)/b6-4+. The molecule has 2 heteroatoms. The largest absolute Gasteiger partial charge is 0.481 e. The smallest absolute Gasteiger partial charge is 0.307 e. The molecule has 0 unspecified atom stereocenters. The van der Waals surface area contributed by atoms with Crippen molar-refractivity contribution in [2.45, 2.75) is 26.7 Å². The Morgan fingerprint density at radius 1 is 1.67 bits per heavy atom. The summed E-state index contributed by atoms with van der Waals surface area (Å²) in [5.41, 5.74) is 1.14. The fraction of sp³-hybridized carbons (Fsp3) is 0.571. The lowest BCUT2D eigenvalue weighted by Crippen LogP contribution is -1.90. The quantitative estimate of drug-likeness (QED) is 0.588. The number of hydrogen-bond acceptors (Lipinski definition) is 1. The van der Waals surface area contributed by atoms with Crippen molar-refractivity contribution in [3.05, 3.63) is 11.6 Å². The molecule has 0 fully saturated rings. The van der Waals surface area contributed by atoms with Crippen molar-refractivity contribution in [3.63, 3.8) is 0 Å². The lowest BCUT2D eigenvalue weighted by atomic mass is 10.2. The SMILES string of the molecule is CC/C(C)=C/CC(=O)O. The Labute approximate surface area is 55.2 Å². The van der Waals surface area contributed by atoms with E-state index in [0.29, 0.717) is 0 Å². The number of carboxylic acid groups (broad SMARTS) is 1. The van der Waals surface area contributed by atoms with E-state index < -0.39 is 5.97 Å². The van der Waals surface area contributed by atoms with Crippen molar-refractivity contribution in [2.75, 3.05) is 0 Å². The first kappa shape index (κ1) is 8.21. The Morgan fingerprint density at radius 3 is 2.56 bits per heavy atom. The van der Waals surface area contributed by atoms with Crippen LogP contribution in [0.25, 0.3) is 0 Å². The number of carboxylic acids is 1. The van der Waals surface area contributed by atoms with E-state index in [1.54, 1.807) is 6.08 Å². The van der Waals surface area contributed by atoms with Crippen LogP contribution in [0.15, 0.2) is 11.6 Å². The molecule has 0 spiro atoms. The summed E-state index contributed by atoms with van der Waals surface area (Å²) in [4.78, 5) is 9.98. The Hall–Kier alpha value is -0.790. The van der Waals surface area contributed by atoms with Crippen LogP contribution in [0, 0.1) is 0 Å². The number of aliphatic carboxylic acids is 1. The second-order valence-electron chi connectivity index (χ2n) is 2.00. The van der Waals surface area contributed by atoms with E-state index in [4.69, 9.17) is 5.11 Å². The highest BCUT2D eigenvalue weighted by Gasteiger charge is 1.90. The number of rotatable bonds is 3. The van der Waals surface area contributed by atoms with Crippen molar-refractivity contribution in [1.29, 1.82) is 0 Å². The van der Waals surface area contributed by atoms with Crippen LogP contribution in [0.1, 0.15) is 26.7 Å². The predicted molar refractivity (Wildman–Crippen MR) is 36.3 cm³/mol. The zero-order chi connectivity index (χ0) is 7.28. The third-order valence-corrected chi connectivity index (χ3v) is 1.18. The minimum absolute atomic E-state index is 0.152. The zero-order valence-corrected chi connectivity index (χ0v) is 5.85. The van der Waals surface area contributed by atoms with E-state index in [9.17, 15) is 4.79 Å². The van der Waals surface area contributed by atoms with E-state index in [0.717, 1.165) is 12.0 Å². The lowest BCUT2D eigenvalue weighted by Gasteiger charge is -1.90. The fourth-order valence-corrected chi connectivity index (χ4v) is 0.406. The van der Waals surface area contributed by atoms with Gasteiger partial charge in [0.05, 0.1) is 6.42 Å². The van der Waals surface area contributed by atoms with Gasteiger partial charge in [-0.2, -0.15) is 0 Å². The Morgan fingerprint density at radius 2 is 2.22 bits per heavy atom. The van der Waals surface area contributed by atoms with Crippen molar-refractivity contribution in [1.82, 2.24) is 0 Å². The number of carbonyl (C=O) groups is 1. The van der Waals surface area contributed by atoms with E-state index >= 15 is 0 Å². The van der Waals surface area contributed by atoms with Crippen LogP contribution in [0.3, 0.4) is 0 Å². The summed E-state index contributed by atoms with van der Waals surface area (Å²) in [6.45, 7) is 3.94. The van der Waals surface area contributed by atoms with Crippen molar-refractivity contribution < 1.29 is 9.90 Å². The molecule has 0 saturated carbocycles. The molecular weight excluding hydrogens is 116 g/mol. The third kappa shape index (κ3) is 5.07. The monoisotopic (exact) mass is 128 g/mol. The highest BCUT2D eigenvalue weighted by atomic mass is 16.4. The normalized spacial score (nSPS) is 11.6. The summed E-state index contributed by atoms with van der Waals surface area (Å²) in [7, 11) is 0. The van der Waals surface area contributed by atoms with Gasteiger partial charge in [0.25, 0.3) is 0 Å². The number of hydrogen-bond donors (Lipinski definition) is 1. The maximum absolute atomic E-state index is 9.98. The van der Waals surface area contributed by atoms with Gasteiger partial charge in [0, 0.05) is 0 Å². The minimum Gasteiger partial charge on any atom is -0.481 e. The molecule has 0 aromatic rings. The summed E-state index contributed by atoms with van der Waals surface area (Å²) >= 11 is 0. The number of allylic oxidation sites excluding steroid dienone is 1. The molecule has 2 nitrogen and oxygen atoms in total. The van der Waals surface area contributed by atoms with Gasteiger partial charge < -0.3 is 5.11 Å². The van der Waals surface area contributed by atoms with Gasteiger partial charge in [-0.3, -0.25) is 4.79 Å². The molecular formula is C7H12O2. The highest BCUT2D eigenvalue weighted by molar-refractivity contribution is 5.68. The molecule has 0 aromatic heterocycles. The first-order chi connectivity index (χ1) is 4.16. The summed E-state index contributed by atoms with van der Waals surface area (Å²) in [6.07, 6.45) is 2.83. The van der Waals surface area contributed by atoms with Gasteiger partial charge >= 0.3 is 5.97 Å². The zero-order valence-electron chi connectivity index (χ0n) is 5.85. The van der Waals surface area contributed by atoms with E-state index in [1.807, 2.05) is 13.8 Å². The second kappa shape index (κ2) is 4.13. The van der Waals surface area contributed by atoms with Gasteiger partial charge in [0.2, 0.25) is 0 Å². The van der Waals surface area contributed by atoms with Crippen LogP contribution in [0.5, 0.6) is 0 Å². The van der Waals surface area contributed by atoms with Crippen LogP contribution < -0.4 is 0 Å². The van der Waals surface area contributed by atoms with Crippen molar-refractivity contribution >= 4 is 5.97 Å². The van der Waals surface area contributed by atoms with Gasteiger partial charge in [-0.05, 0) is 13.3 Å². The average Bonchev–Trinajstić information content (AvgIpc) is 1.83. The maximum Gasteiger partial charge on any atom is 0.307 e. The Kier molecular flexibility index (Phi) is 3.76. The summed E-state index contributed by atoms with van der Waals surface area (Å²) in [6, 6.07) is 0. The molecule has 0 radical (unpaired) electrons. The average molecular weight is 128 g/mol. The van der Waals surface area contributed by atoms with E-state index in [1.165, 1.54) is 0 Å². The Bertz CT molecular complexity index is 125. The van der Waals surface area contributed by atoms with Gasteiger partial charge in [0.1, 0.15) is 0 Å². The van der Waals surface area contributed by atoms with Gasteiger partial charge in [-0.15, -0.1) is 0 Å². The molecule has 1 N–H and O–H groups in total. The third-order valence-electron chi connectivity index (χ3n) is 1.18.